The van der Waals surface area contributed by atoms with Crippen LogP contribution in [0.1, 0.15) is 36.6 Å². The standard InChI is InChI=1S/C19H26N4O2S/c1-16-4-6-19(7-5-16)26(24,25)22-14-17-8-10-20-23(17)18(15-22)9-13-21-11-2-3-12-21/h4-8,10,18H,2-3,9,11-15H2,1H3. The van der Waals surface area contributed by atoms with Gasteiger partial charge in [-0.25, -0.2) is 8.42 Å². The minimum Gasteiger partial charge on any atom is -0.303 e. The summed E-state index contributed by atoms with van der Waals surface area (Å²) in [6.45, 7) is 6.15. The van der Waals surface area contributed by atoms with Crippen molar-refractivity contribution in [2.24, 2.45) is 0 Å². The largest absolute Gasteiger partial charge is 0.303 e. The molecule has 7 heteroatoms. The zero-order valence-corrected chi connectivity index (χ0v) is 16.0. The van der Waals surface area contributed by atoms with Crippen LogP contribution in [0.2, 0.25) is 0 Å². The van der Waals surface area contributed by atoms with Gasteiger partial charge in [0.05, 0.1) is 23.2 Å². The number of hydrogen-bond donors (Lipinski definition) is 0. The topological polar surface area (TPSA) is 58.4 Å². The first-order chi connectivity index (χ1) is 12.5. The van der Waals surface area contributed by atoms with E-state index < -0.39 is 10.0 Å². The summed E-state index contributed by atoms with van der Waals surface area (Å²) in [7, 11) is -3.49. The monoisotopic (exact) mass is 374 g/mol. The number of benzene rings is 1. The van der Waals surface area contributed by atoms with Crippen LogP contribution < -0.4 is 0 Å². The number of aryl methyl sites for hydroxylation is 1. The highest BCUT2D eigenvalue weighted by Gasteiger charge is 2.33. The van der Waals surface area contributed by atoms with Crippen LogP contribution in [-0.4, -0.2) is 53.6 Å². The van der Waals surface area contributed by atoms with Crippen molar-refractivity contribution in [2.45, 2.75) is 43.7 Å². The molecule has 140 valence electrons. The van der Waals surface area contributed by atoms with Gasteiger partial charge in [-0.3, -0.25) is 4.68 Å². The SMILES string of the molecule is Cc1ccc(S(=O)(=O)N2Cc3ccnn3C(CCN3CCCC3)C2)cc1. The first-order valence-corrected chi connectivity index (χ1v) is 10.8. The Balaban J connectivity index is 1.55. The summed E-state index contributed by atoms with van der Waals surface area (Å²) in [5.41, 5.74) is 2.03. The van der Waals surface area contributed by atoms with Gasteiger partial charge in [-0.2, -0.15) is 9.40 Å². The fourth-order valence-electron chi connectivity index (χ4n) is 3.95. The van der Waals surface area contributed by atoms with E-state index in [1.165, 1.54) is 12.8 Å². The number of nitrogens with zero attached hydrogens (tertiary/aromatic N) is 4. The molecule has 3 heterocycles. The molecule has 2 aromatic rings. The van der Waals surface area contributed by atoms with E-state index in [2.05, 4.69) is 10.00 Å². The van der Waals surface area contributed by atoms with Crippen molar-refractivity contribution >= 4 is 10.0 Å². The average Bonchev–Trinajstić information content (AvgIpc) is 3.31. The number of sulfonamides is 1. The van der Waals surface area contributed by atoms with Gasteiger partial charge in [0.1, 0.15) is 0 Å². The lowest BCUT2D eigenvalue weighted by Crippen LogP contribution is -2.42. The van der Waals surface area contributed by atoms with Crippen LogP contribution >= 0.6 is 0 Å². The van der Waals surface area contributed by atoms with Crippen molar-refractivity contribution in [2.75, 3.05) is 26.2 Å². The molecule has 1 aromatic carbocycles. The third-order valence-corrected chi connectivity index (χ3v) is 7.31. The van der Waals surface area contributed by atoms with Crippen molar-refractivity contribution in [3.63, 3.8) is 0 Å². The lowest BCUT2D eigenvalue weighted by molar-refractivity contribution is 0.226. The molecule has 1 unspecified atom stereocenters. The Morgan fingerprint density at radius 1 is 1.12 bits per heavy atom. The molecular formula is C19H26N4O2S. The number of fused-ring (bicyclic) bond motifs is 1. The molecule has 1 aromatic heterocycles. The normalized spacial score (nSPS) is 21.8. The molecule has 26 heavy (non-hydrogen) atoms. The lowest BCUT2D eigenvalue weighted by Gasteiger charge is -2.34. The van der Waals surface area contributed by atoms with Crippen molar-refractivity contribution in [1.29, 1.82) is 0 Å². The van der Waals surface area contributed by atoms with Gasteiger partial charge in [0.2, 0.25) is 10.0 Å². The van der Waals surface area contributed by atoms with Gasteiger partial charge >= 0.3 is 0 Å². The molecule has 0 radical (unpaired) electrons. The van der Waals surface area contributed by atoms with E-state index in [1.54, 1.807) is 22.6 Å². The Bertz CT molecular complexity index is 854. The van der Waals surface area contributed by atoms with E-state index in [0.717, 1.165) is 37.3 Å². The molecule has 0 bridgehead atoms. The second-order valence-electron chi connectivity index (χ2n) is 7.37. The van der Waals surface area contributed by atoms with Crippen LogP contribution in [0.25, 0.3) is 0 Å². The minimum atomic E-state index is -3.49. The zero-order chi connectivity index (χ0) is 18.1. The van der Waals surface area contributed by atoms with Crippen molar-refractivity contribution < 1.29 is 8.42 Å². The fourth-order valence-corrected chi connectivity index (χ4v) is 5.40. The van der Waals surface area contributed by atoms with Crippen molar-refractivity contribution in [3.05, 3.63) is 47.8 Å². The summed E-state index contributed by atoms with van der Waals surface area (Å²) in [5, 5.41) is 4.46. The van der Waals surface area contributed by atoms with Gasteiger partial charge in [0.15, 0.2) is 0 Å². The Morgan fingerprint density at radius 2 is 1.85 bits per heavy atom. The molecule has 6 nitrogen and oxygen atoms in total. The quantitative estimate of drug-likeness (QED) is 0.806. The van der Waals surface area contributed by atoms with E-state index >= 15 is 0 Å². The summed E-state index contributed by atoms with van der Waals surface area (Å²) in [5.74, 6) is 0. The van der Waals surface area contributed by atoms with Crippen LogP contribution in [0.3, 0.4) is 0 Å². The highest BCUT2D eigenvalue weighted by Crippen LogP contribution is 2.28. The molecule has 1 saturated heterocycles. The van der Waals surface area contributed by atoms with Crippen molar-refractivity contribution in [3.8, 4) is 0 Å². The number of rotatable bonds is 5. The molecule has 0 spiro atoms. The molecule has 1 fully saturated rings. The zero-order valence-electron chi connectivity index (χ0n) is 15.2. The maximum absolute atomic E-state index is 13.1. The number of hydrogen-bond acceptors (Lipinski definition) is 4. The summed E-state index contributed by atoms with van der Waals surface area (Å²) in [6.07, 6.45) is 5.24. The van der Waals surface area contributed by atoms with Gasteiger partial charge in [0.25, 0.3) is 0 Å². The maximum atomic E-state index is 13.1. The third kappa shape index (κ3) is 3.43. The smallest absolute Gasteiger partial charge is 0.243 e. The Labute approximate surface area is 155 Å². The van der Waals surface area contributed by atoms with Gasteiger partial charge in [-0.1, -0.05) is 17.7 Å². The highest BCUT2D eigenvalue weighted by atomic mass is 32.2. The molecule has 0 saturated carbocycles. The van der Waals surface area contributed by atoms with Gasteiger partial charge in [0, 0.05) is 19.3 Å². The Morgan fingerprint density at radius 3 is 2.58 bits per heavy atom. The van der Waals surface area contributed by atoms with Crippen LogP contribution in [0.15, 0.2) is 41.4 Å². The van der Waals surface area contributed by atoms with Gasteiger partial charge < -0.3 is 4.90 Å². The molecule has 1 atom stereocenters. The fraction of sp³-hybridized carbons (Fsp3) is 0.526. The van der Waals surface area contributed by atoms with E-state index in [9.17, 15) is 8.42 Å². The number of aromatic nitrogens is 2. The minimum absolute atomic E-state index is 0.0922. The lowest BCUT2D eigenvalue weighted by atomic mass is 10.1. The van der Waals surface area contributed by atoms with Gasteiger partial charge in [-0.05, 0) is 57.5 Å². The van der Waals surface area contributed by atoms with E-state index in [0.29, 0.717) is 18.0 Å². The van der Waals surface area contributed by atoms with Crippen LogP contribution in [-0.2, 0) is 16.6 Å². The summed E-state index contributed by atoms with van der Waals surface area (Å²) in [4.78, 5) is 2.84. The molecule has 0 amide bonds. The molecular weight excluding hydrogens is 348 g/mol. The van der Waals surface area contributed by atoms with Crippen LogP contribution in [0.5, 0.6) is 0 Å². The van der Waals surface area contributed by atoms with Crippen LogP contribution in [0.4, 0.5) is 0 Å². The van der Waals surface area contributed by atoms with E-state index in [1.807, 2.05) is 29.8 Å². The summed E-state index contributed by atoms with van der Waals surface area (Å²) >= 11 is 0. The number of likely N-dealkylation sites (tertiary alicyclic amines) is 1. The predicted octanol–water partition coefficient (Wildman–Crippen LogP) is 2.42. The third-order valence-electron chi connectivity index (χ3n) is 5.49. The van der Waals surface area contributed by atoms with Crippen molar-refractivity contribution in [1.82, 2.24) is 19.0 Å². The second kappa shape index (κ2) is 7.13. The van der Waals surface area contributed by atoms with E-state index in [4.69, 9.17) is 0 Å². The van der Waals surface area contributed by atoms with Gasteiger partial charge in [-0.15, -0.1) is 0 Å². The highest BCUT2D eigenvalue weighted by molar-refractivity contribution is 7.89. The second-order valence-corrected chi connectivity index (χ2v) is 9.31. The first-order valence-electron chi connectivity index (χ1n) is 9.35. The Hall–Kier alpha value is -1.70. The Kier molecular flexibility index (Phi) is 4.86. The molecule has 2 aliphatic rings. The maximum Gasteiger partial charge on any atom is 0.243 e. The van der Waals surface area contributed by atoms with E-state index in [-0.39, 0.29) is 6.04 Å². The summed E-state index contributed by atoms with van der Waals surface area (Å²) < 4.78 is 29.9. The first kappa shape index (κ1) is 17.7. The molecule has 2 aliphatic heterocycles. The molecule has 0 aliphatic carbocycles. The summed E-state index contributed by atoms with van der Waals surface area (Å²) in [6, 6.07) is 9.14. The average molecular weight is 375 g/mol. The van der Waals surface area contributed by atoms with Crippen LogP contribution in [0, 0.1) is 6.92 Å². The predicted molar refractivity (Wildman–Crippen MR) is 100 cm³/mol. The molecule has 0 N–H and O–H groups in total. The molecule has 4 rings (SSSR count).